The van der Waals surface area contributed by atoms with Crippen molar-refractivity contribution >= 4 is 5.97 Å². The maximum Gasteiger partial charge on any atom is 0.356 e. The maximum absolute atomic E-state index is 11.3. The van der Waals surface area contributed by atoms with Crippen LogP contribution in [0.3, 0.4) is 0 Å². The quantitative estimate of drug-likeness (QED) is 0.660. The summed E-state index contributed by atoms with van der Waals surface area (Å²) in [4.78, 5) is 15.7. The SMILES string of the molecule is COC(=O)c1ccc2c(n1)[C@@H](C)CCC2. The summed E-state index contributed by atoms with van der Waals surface area (Å²) in [5.41, 5.74) is 2.77. The Morgan fingerprint density at radius 2 is 2.33 bits per heavy atom. The van der Waals surface area contributed by atoms with Crippen LogP contribution in [0.4, 0.5) is 0 Å². The van der Waals surface area contributed by atoms with Crippen molar-refractivity contribution in [1.82, 2.24) is 4.98 Å². The third-order valence-electron chi connectivity index (χ3n) is 2.96. The molecule has 3 nitrogen and oxygen atoms in total. The van der Waals surface area contributed by atoms with E-state index < -0.39 is 0 Å². The van der Waals surface area contributed by atoms with E-state index in [-0.39, 0.29) is 5.97 Å². The van der Waals surface area contributed by atoms with Gasteiger partial charge in [-0.25, -0.2) is 9.78 Å². The lowest BCUT2D eigenvalue weighted by Gasteiger charge is -2.21. The average Bonchev–Trinajstić information content (AvgIpc) is 2.28. The van der Waals surface area contributed by atoms with Gasteiger partial charge >= 0.3 is 5.97 Å². The Morgan fingerprint density at radius 3 is 3.07 bits per heavy atom. The number of carbonyl (C=O) groups is 1. The first-order chi connectivity index (χ1) is 7.22. The standard InChI is InChI=1S/C12H15NO2/c1-8-4-3-5-9-6-7-10(12(14)15-2)13-11(8)9/h6-8H,3-5H2,1-2H3/t8-/m0/s1. The summed E-state index contributed by atoms with van der Waals surface area (Å²) in [5, 5.41) is 0. The fraction of sp³-hybridized carbons (Fsp3) is 0.500. The summed E-state index contributed by atoms with van der Waals surface area (Å²) in [6, 6.07) is 3.76. The highest BCUT2D eigenvalue weighted by Gasteiger charge is 2.19. The fourth-order valence-electron chi connectivity index (χ4n) is 2.10. The monoisotopic (exact) mass is 205 g/mol. The molecule has 1 aromatic rings. The van der Waals surface area contributed by atoms with Crippen molar-refractivity contribution in [3.8, 4) is 0 Å². The lowest BCUT2D eigenvalue weighted by molar-refractivity contribution is 0.0593. The van der Waals surface area contributed by atoms with Gasteiger partial charge in [0.2, 0.25) is 0 Å². The third-order valence-corrected chi connectivity index (χ3v) is 2.96. The summed E-state index contributed by atoms with van der Waals surface area (Å²) in [7, 11) is 1.38. The molecule has 1 aromatic heterocycles. The fourth-order valence-corrected chi connectivity index (χ4v) is 2.10. The first kappa shape index (κ1) is 10.1. The smallest absolute Gasteiger partial charge is 0.356 e. The molecule has 3 heteroatoms. The molecule has 0 saturated carbocycles. The van der Waals surface area contributed by atoms with Gasteiger partial charge in [0.05, 0.1) is 7.11 Å². The zero-order valence-electron chi connectivity index (χ0n) is 9.12. The van der Waals surface area contributed by atoms with E-state index in [1.807, 2.05) is 6.07 Å². The van der Waals surface area contributed by atoms with Crippen LogP contribution in [-0.4, -0.2) is 18.1 Å². The average molecular weight is 205 g/mol. The van der Waals surface area contributed by atoms with Gasteiger partial charge in [0.25, 0.3) is 0 Å². The van der Waals surface area contributed by atoms with Gasteiger partial charge in [-0.05, 0) is 36.8 Å². The Labute approximate surface area is 89.5 Å². The third kappa shape index (κ3) is 1.87. The molecule has 0 bridgehead atoms. The molecule has 0 aromatic carbocycles. The first-order valence-electron chi connectivity index (χ1n) is 5.30. The zero-order valence-corrected chi connectivity index (χ0v) is 9.12. The predicted molar refractivity (Wildman–Crippen MR) is 56.9 cm³/mol. The number of ether oxygens (including phenoxy) is 1. The zero-order chi connectivity index (χ0) is 10.8. The lowest BCUT2D eigenvalue weighted by Crippen LogP contribution is -2.13. The van der Waals surface area contributed by atoms with Gasteiger partial charge in [-0.15, -0.1) is 0 Å². The molecule has 0 spiro atoms. The largest absolute Gasteiger partial charge is 0.464 e. The van der Waals surface area contributed by atoms with Crippen LogP contribution in [0, 0.1) is 0 Å². The molecule has 80 valence electrons. The van der Waals surface area contributed by atoms with Crippen LogP contribution in [0.1, 0.15) is 47.4 Å². The van der Waals surface area contributed by atoms with Crippen molar-refractivity contribution < 1.29 is 9.53 Å². The number of rotatable bonds is 1. The van der Waals surface area contributed by atoms with Gasteiger partial charge in [0.15, 0.2) is 0 Å². The minimum Gasteiger partial charge on any atom is -0.464 e. The highest BCUT2D eigenvalue weighted by atomic mass is 16.5. The van der Waals surface area contributed by atoms with Crippen molar-refractivity contribution in [2.75, 3.05) is 7.11 Å². The minimum absolute atomic E-state index is 0.351. The van der Waals surface area contributed by atoms with E-state index >= 15 is 0 Å². The van der Waals surface area contributed by atoms with E-state index in [0.717, 1.165) is 18.5 Å². The number of aromatic nitrogens is 1. The predicted octanol–water partition coefficient (Wildman–Crippen LogP) is 2.31. The van der Waals surface area contributed by atoms with Crippen molar-refractivity contribution in [2.45, 2.75) is 32.1 Å². The van der Waals surface area contributed by atoms with E-state index in [9.17, 15) is 4.79 Å². The molecule has 0 aliphatic heterocycles. The van der Waals surface area contributed by atoms with Gasteiger partial charge < -0.3 is 4.74 Å². The molecule has 0 saturated heterocycles. The van der Waals surface area contributed by atoms with Crippen molar-refractivity contribution in [2.24, 2.45) is 0 Å². The number of fused-ring (bicyclic) bond motifs is 1. The molecular formula is C12H15NO2. The van der Waals surface area contributed by atoms with Crippen LogP contribution in [0.25, 0.3) is 0 Å². The topological polar surface area (TPSA) is 39.2 Å². The number of hydrogen-bond donors (Lipinski definition) is 0. The van der Waals surface area contributed by atoms with E-state index in [1.165, 1.54) is 19.1 Å². The van der Waals surface area contributed by atoms with E-state index in [4.69, 9.17) is 0 Å². The Hall–Kier alpha value is -1.38. The summed E-state index contributed by atoms with van der Waals surface area (Å²) in [6.45, 7) is 2.16. The maximum atomic E-state index is 11.3. The lowest BCUT2D eigenvalue weighted by atomic mass is 9.88. The second kappa shape index (κ2) is 4.01. The molecule has 0 fully saturated rings. The van der Waals surface area contributed by atoms with Gasteiger partial charge in [-0.1, -0.05) is 13.0 Å². The van der Waals surface area contributed by atoms with Gasteiger partial charge in [0.1, 0.15) is 5.69 Å². The molecule has 0 unspecified atom stereocenters. The molecule has 0 radical (unpaired) electrons. The van der Waals surface area contributed by atoms with Crippen LogP contribution < -0.4 is 0 Å². The molecular weight excluding hydrogens is 190 g/mol. The first-order valence-corrected chi connectivity index (χ1v) is 5.30. The summed E-state index contributed by atoms with van der Waals surface area (Å²) in [6.07, 6.45) is 3.45. The van der Waals surface area contributed by atoms with Crippen LogP contribution in [-0.2, 0) is 11.2 Å². The van der Waals surface area contributed by atoms with Crippen LogP contribution in [0.2, 0.25) is 0 Å². The number of carbonyl (C=O) groups excluding carboxylic acids is 1. The summed E-state index contributed by atoms with van der Waals surface area (Å²) >= 11 is 0. The molecule has 1 aliphatic carbocycles. The highest BCUT2D eigenvalue weighted by Crippen LogP contribution is 2.29. The molecule has 0 amide bonds. The summed E-state index contributed by atoms with van der Waals surface area (Å²) < 4.78 is 4.66. The Balaban J connectivity index is 2.39. The number of pyridine rings is 1. The molecule has 2 rings (SSSR count). The highest BCUT2D eigenvalue weighted by molar-refractivity contribution is 5.87. The number of esters is 1. The number of hydrogen-bond acceptors (Lipinski definition) is 3. The van der Waals surface area contributed by atoms with Gasteiger partial charge in [0, 0.05) is 5.69 Å². The van der Waals surface area contributed by atoms with Crippen LogP contribution in [0.5, 0.6) is 0 Å². The van der Waals surface area contributed by atoms with Crippen LogP contribution in [0.15, 0.2) is 12.1 Å². The number of nitrogens with zero attached hydrogens (tertiary/aromatic N) is 1. The summed E-state index contributed by atoms with van der Waals surface area (Å²) in [5.74, 6) is 0.105. The van der Waals surface area contributed by atoms with E-state index in [2.05, 4.69) is 16.6 Å². The second-order valence-electron chi connectivity index (χ2n) is 4.03. The van der Waals surface area contributed by atoms with E-state index in [1.54, 1.807) is 6.07 Å². The Kier molecular flexibility index (Phi) is 2.71. The van der Waals surface area contributed by atoms with Gasteiger partial charge in [-0.2, -0.15) is 0 Å². The second-order valence-corrected chi connectivity index (χ2v) is 4.03. The van der Waals surface area contributed by atoms with Crippen molar-refractivity contribution in [1.29, 1.82) is 0 Å². The molecule has 1 aliphatic rings. The molecule has 0 N–H and O–H groups in total. The van der Waals surface area contributed by atoms with Crippen LogP contribution >= 0.6 is 0 Å². The minimum atomic E-state index is -0.351. The number of methoxy groups -OCH3 is 1. The molecule has 1 atom stereocenters. The van der Waals surface area contributed by atoms with Crippen molar-refractivity contribution in [3.05, 3.63) is 29.1 Å². The Bertz CT molecular complexity index is 387. The van der Waals surface area contributed by atoms with Crippen molar-refractivity contribution in [3.63, 3.8) is 0 Å². The Morgan fingerprint density at radius 1 is 1.53 bits per heavy atom. The molecule has 1 heterocycles. The van der Waals surface area contributed by atoms with Gasteiger partial charge in [-0.3, -0.25) is 0 Å². The molecule has 15 heavy (non-hydrogen) atoms. The normalized spacial score (nSPS) is 19.5. The van der Waals surface area contributed by atoms with E-state index in [0.29, 0.717) is 11.6 Å². The number of aryl methyl sites for hydroxylation is 1.